The molecule has 3 nitrogen and oxygen atoms in total. The third-order valence-electron chi connectivity index (χ3n) is 2.99. The molecule has 0 fully saturated rings. The Labute approximate surface area is 113 Å². The molecule has 0 radical (unpaired) electrons. The van der Waals surface area contributed by atoms with Crippen molar-refractivity contribution in [1.82, 2.24) is 0 Å². The Morgan fingerprint density at radius 1 is 1.11 bits per heavy atom. The molecule has 0 aliphatic carbocycles. The van der Waals surface area contributed by atoms with Crippen molar-refractivity contribution in [3.05, 3.63) is 59.7 Å². The lowest BCUT2D eigenvalue weighted by molar-refractivity contribution is 0.298. The highest BCUT2D eigenvalue weighted by Gasteiger charge is 2.05. The molecule has 0 aliphatic heterocycles. The Hall–Kier alpha value is -1.84. The standard InChI is InChI=1S/C16H19NO2/c1-12(17)13-6-8-15(9-7-13)19-16-5-3-2-4-14(16)10-11-18/h2-9,12,18H,10-11,17H2,1H3. The van der Waals surface area contributed by atoms with Crippen molar-refractivity contribution in [2.45, 2.75) is 19.4 Å². The van der Waals surface area contributed by atoms with E-state index in [9.17, 15) is 0 Å². The fraction of sp³-hybridized carbons (Fsp3) is 0.250. The van der Waals surface area contributed by atoms with E-state index in [1.807, 2.05) is 55.5 Å². The number of hydrogen-bond acceptors (Lipinski definition) is 3. The second kappa shape index (κ2) is 6.36. The first-order valence-corrected chi connectivity index (χ1v) is 6.43. The molecule has 2 aromatic carbocycles. The summed E-state index contributed by atoms with van der Waals surface area (Å²) >= 11 is 0. The molecule has 2 aromatic rings. The monoisotopic (exact) mass is 257 g/mol. The summed E-state index contributed by atoms with van der Waals surface area (Å²) in [7, 11) is 0. The largest absolute Gasteiger partial charge is 0.457 e. The van der Waals surface area contributed by atoms with Crippen LogP contribution in [0.1, 0.15) is 24.1 Å². The van der Waals surface area contributed by atoms with Gasteiger partial charge in [-0.25, -0.2) is 0 Å². The number of ether oxygens (including phenoxy) is 1. The van der Waals surface area contributed by atoms with Crippen LogP contribution in [0, 0.1) is 0 Å². The summed E-state index contributed by atoms with van der Waals surface area (Å²) in [5.74, 6) is 1.56. The Bertz CT molecular complexity index is 521. The van der Waals surface area contributed by atoms with E-state index in [0.717, 1.165) is 22.6 Å². The molecule has 0 heterocycles. The van der Waals surface area contributed by atoms with Crippen LogP contribution in [0.3, 0.4) is 0 Å². The minimum Gasteiger partial charge on any atom is -0.457 e. The van der Waals surface area contributed by atoms with Gasteiger partial charge in [0.25, 0.3) is 0 Å². The van der Waals surface area contributed by atoms with E-state index in [2.05, 4.69) is 0 Å². The van der Waals surface area contributed by atoms with Gasteiger partial charge in [-0.05, 0) is 42.7 Å². The topological polar surface area (TPSA) is 55.5 Å². The van der Waals surface area contributed by atoms with E-state index in [1.54, 1.807) is 0 Å². The summed E-state index contributed by atoms with van der Waals surface area (Å²) in [6, 6.07) is 15.5. The highest BCUT2D eigenvalue weighted by Crippen LogP contribution is 2.26. The summed E-state index contributed by atoms with van der Waals surface area (Å²) in [4.78, 5) is 0. The Kier molecular flexibility index (Phi) is 4.55. The van der Waals surface area contributed by atoms with Crippen LogP contribution < -0.4 is 10.5 Å². The van der Waals surface area contributed by atoms with Crippen LogP contribution in [0.25, 0.3) is 0 Å². The molecule has 3 heteroatoms. The number of nitrogens with two attached hydrogens (primary N) is 1. The first kappa shape index (κ1) is 13.6. The molecule has 0 aliphatic rings. The average Bonchev–Trinajstić information content (AvgIpc) is 2.42. The summed E-state index contributed by atoms with van der Waals surface area (Å²) in [6.45, 7) is 2.07. The van der Waals surface area contributed by atoms with Gasteiger partial charge in [0, 0.05) is 12.6 Å². The van der Waals surface area contributed by atoms with E-state index in [1.165, 1.54) is 0 Å². The molecule has 1 unspecified atom stereocenters. The molecule has 0 amide bonds. The quantitative estimate of drug-likeness (QED) is 0.865. The Morgan fingerprint density at radius 2 is 1.79 bits per heavy atom. The zero-order valence-electron chi connectivity index (χ0n) is 11.0. The predicted octanol–water partition coefficient (Wildman–Crippen LogP) is 3.03. The van der Waals surface area contributed by atoms with Crippen molar-refractivity contribution >= 4 is 0 Å². The molecular weight excluding hydrogens is 238 g/mol. The summed E-state index contributed by atoms with van der Waals surface area (Å²) in [6.07, 6.45) is 0.591. The van der Waals surface area contributed by atoms with E-state index in [4.69, 9.17) is 15.6 Å². The Balaban J connectivity index is 2.16. The zero-order chi connectivity index (χ0) is 13.7. The average molecular weight is 257 g/mol. The number of para-hydroxylation sites is 1. The summed E-state index contributed by atoms with van der Waals surface area (Å²) in [5, 5.41) is 9.04. The van der Waals surface area contributed by atoms with Gasteiger partial charge in [0.15, 0.2) is 0 Å². The van der Waals surface area contributed by atoms with Crippen molar-refractivity contribution in [2.24, 2.45) is 5.73 Å². The molecule has 19 heavy (non-hydrogen) atoms. The molecule has 1 atom stereocenters. The van der Waals surface area contributed by atoms with Gasteiger partial charge < -0.3 is 15.6 Å². The lowest BCUT2D eigenvalue weighted by atomic mass is 10.1. The number of aliphatic hydroxyl groups excluding tert-OH is 1. The maximum absolute atomic E-state index is 9.04. The number of rotatable bonds is 5. The van der Waals surface area contributed by atoms with Crippen LogP contribution in [0.15, 0.2) is 48.5 Å². The van der Waals surface area contributed by atoms with Gasteiger partial charge in [-0.3, -0.25) is 0 Å². The lowest BCUT2D eigenvalue weighted by Crippen LogP contribution is -2.04. The van der Waals surface area contributed by atoms with Crippen LogP contribution in [0.4, 0.5) is 0 Å². The highest BCUT2D eigenvalue weighted by atomic mass is 16.5. The normalized spacial score (nSPS) is 12.2. The van der Waals surface area contributed by atoms with Gasteiger partial charge in [-0.15, -0.1) is 0 Å². The summed E-state index contributed by atoms with van der Waals surface area (Å²) in [5.41, 5.74) is 7.89. The third kappa shape index (κ3) is 3.56. The molecule has 0 saturated heterocycles. The second-order valence-corrected chi connectivity index (χ2v) is 4.54. The fourth-order valence-corrected chi connectivity index (χ4v) is 1.90. The van der Waals surface area contributed by atoms with Gasteiger partial charge in [0.1, 0.15) is 11.5 Å². The maximum atomic E-state index is 9.04. The third-order valence-corrected chi connectivity index (χ3v) is 2.99. The minimum absolute atomic E-state index is 0.0238. The van der Waals surface area contributed by atoms with Crippen LogP contribution >= 0.6 is 0 Å². The van der Waals surface area contributed by atoms with Crippen molar-refractivity contribution in [3.8, 4) is 11.5 Å². The van der Waals surface area contributed by atoms with Crippen molar-refractivity contribution in [3.63, 3.8) is 0 Å². The fourth-order valence-electron chi connectivity index (χ4n) is 1.90. The SMILES string of the molecule is CC(N)c1ccc(Oc2ccccc2CCO)cc1. The van der Waals surface area contributed by atoms with E-state index >= 15 is 0 Å². The molecule has 0 spiro atoms. The molecule has 2 rings (SSSR count). The van der Waals surface area contributed by atoms with Gasteiger partial charge >= 0.3 is 0 Å². The van der Waals surface area contributed by atoms with Crippen LogP contribution in [0.2, 0.25) is 0 Å². The van der Waals surface area contributed by atoms with Gasteiger partial charge in [0.05, 0.1) is 0 Å². The smallest absolute Gasteiger partial charge is 0.130 e. The molecule has 3 N–H and O–H groups in total. The number of aliphatic hydroxyl groups is 1. The molecule has 0 saturated carbocycles. The van der Waals surface area contributed by atoms with Crippen LogP contribution in [-0.2, 0) is 6.42 Å². The Morgan fingerprint density at radius 3 is 2.42 bits per heavy atom. The van der Waals surface area contributed by atoms with Crippen molar-refractivity contribution < 1.29 is 9.84 Å². The van der Waals surface area contributed by atoms with Crippen LogP contribution in [0.5, 0.6) is 11.5 Å². The molecule has 0 aromatic heterocycles. The van der Waals surface area contributed by atoms with E-state index in [0.29, 0.717) is 6.42 Å². The van der Waals surface area contributed by atoms with Gasteiger partial charge in [-0.1, -0.05) is 30.3 Å². The first-order chi connectivity index (χ1) is 9.20. The second-order valence-electron chi connectivity index (χ2n) is 4.54. The van der Waals surface area contributed by atoms with Gasteiger partial charge in [0.2, 0.25) is 0 Å². The number of hydrogen-bond donors (Lipinski definition) is 2. The molecular formula is C16H19NO2. The molecule has 0 bridgehead atoms. The molecule has 100 valence electrons. The zero-order valence-corrected chi connectivity index (χ0v) is 11.0. The van der Waals surface area contributed by atoms with Crippen molar-refractivity contribution in [1.29, 1.82) is 0 Å². The number of benzene rings is 2. The van der Waals surface area contributed by atoms with Gasteiger partial charge in [-0.2, -0.15) is 0 Å². The lowest BCUT2D eigenvalue weighted by Gasteiger charge is -2.11. The van der Waals surface area contributed by atoms with E-state index < -0.39 is 0 Å². The predicted molar refractivity (Wildman–Crippen MR) is 76.4 cm³/mol. The van der Waals surface area contributed by atoms with Crippen molar-refractivity contribution in [2.75, 3.05) is 6.61 Å². The first-order valence-electron chi connectivity index (χ1n) is 6.43. The van der Waals surface area contributed by atoms with Crippen LogP contribution in [-0.4, -0.2) is 11.7 Å². The van der Waals surface area contributed by atoms with E-state index in [-0.39, 0.29) is 12.6 Å². The highest BCUT2D eigenvalue weighted by molar-refractivity contribution is 5.39. The summed E-state index contributed by atoms with van der Waals surface area (Å²) < 4.78 is 5.84. The minimum atomic E-state index is 0.0238. The maximum Gasteiger partial charge on any atom is 0.130 e.